The fourth-order valence-electron chi connectivity index (χ4n) is 2.66. The third kappa shape index (κ3) is 3.84. The molecule has 1 fully saturated rings. The molecule has 1 aliphatic carbocycles. The van der Waals surface area contributed by atoms with E-state index in [1.165, 1.54) is 0 Å². The highest BCUT2D eigenvalue weighted by atomic mass is 32.2. The number of carbonyl (C=O) groups is 1. The second kappa shape index (κ2) is 6.60. The smallest absolute Gasteiger partial charge is 0.306 e. The second-order valence-corrected chi connectivity index (χ2v) is 7.88. The van der Waals surface area contributed by atoms with Crippen LogP contribution in [0.15, 0.2) is 29.2 Å². The molecule has 1 aliphatic rings. The van der Waals surface area contributed by atoms with Gasteiger partial charge in [0.05, 0.1) is 10.1 Å². The van der Waals surface area contributed by atoms with E-state index in [1.807, 2.05) is 13.8 Å². The molecule has 0 N–H and O–H groups in total. The van der Waals surface area contributed by atoms with Crippen molar-refractivity contribution < 1.29 is 17.9 Å². The van der Waals surface area contributed by atoms with E-state index in [1.54, 1.807) is 24.3 Å². The Morgan fingerprint density at radius 1 is 1.24 bits per heavy atom. The van der Waals surface area contributed by atoms with E-state index >= 15 is 0 Å². The fourth-order valence-corrected chi connectivity index (χ4v) is 4.47. The third-order valence-corrected chi connectivity index (χ3v) is 6.11. The quantitative estimate of drug-likeness (QED) is 0.784. The monoisotopic (exact) mass is 310 g/mol. The fraction of sp³-hybridized carbons (Fsp3) is 0.562. The van der Waals surface area contributed by atoms with Crippen LogP contribution < -0.4 is 0 Å². The summed E-state index contributed by atoms with van der Waals surface area (Å²) in [5.41, 5.74) is 1.03. The van der Waals surface area contributed by atoms with Gasteiger partial charge in [-0.05, 0) is 38.3 Å². The minimum atomic E-state index is -3.33. The van der Waals surface area contributed by atoms with Crippen LogP contribution in [0.2, 0.25) is 0 Å². The highest BCUT2D eigenvalue weighted by molar-refractivity contribution is 7.92. The summed E-state index contributed by atoms with van der Waals surface area (Å²) in [7, 11) is -3.33. The lowest BCUT2D eigenvalue weighted by molar-refractivity contribution is -0.148. The number of carbonyl (C=O) groups excluding carboxylic acids is 1. The molecule has 21 heavy (non-hydrogen) atoms. The number of hydrogen-bond donors (Lipinski definition) is 0. The van der Waals surface area contributed by atoms with Gasteiger partial charge >= 0.3 is 5.97 Å². The van der Waals surface area contributed by atoms with Gasteiger partial charge in [-0.2, -0.15) is 0 Å². The Bertz CT molecular complexity index is 589. The molecular weight excluding hydrogens is 288 g/mol. The normalized spacial score (nSPS) is 22.2. The van der Waals surface area contributed by atoms with Crippen LogP contribution in [0.1, 0.15) is 44.6 Å². The average Bonchev–Trinajstić information content (AvgIpc) is 2.88. The summed E-state index contributed by atoms with van der Waals surface area (Å²) in [4.78, 5) is 11.9. The lowest BCUT2D eigenvalue weighted by atomic mass is 10.2. The van der Waals surface area contributed by atoms with Crippen molar-refractivity contribution in [3.8, 4) is 0 Å². The van der Waals surface area contributed by atoms with Crippen LogP contribution in [0.4, 0.5) is 0 Å². The highest BCUT2D eigenvalue weighted by Gasteiger charge is 2.36. The standard InChI is InChI=1S/C16H22O4S/c1-3-4-16(17)20-13-7-10-15(11-13)21(18,19)14-8-5-12(2)6-9-14/h5-6,8-9,13,15H,3-4,7,10-11H2,1-2H3/t13-,15+/m0/s1. The van der Waals surface area contributed by atoms with Gasteiger partial charge in [-0.25, -0.2) is 8.42 Å². The Balaban J connectivity index is 2.03. The van der Waals surface area contributed by atoms with Crippen molar-refractivity contribution in [3.63, 3.8) is 0 Å². The molecule has 0 amide bonds. The summed E-state index contributed by atoms with van der Waals surface area (Å²) in [5.74, 6) is -0.226. The maximum atomic E-state index is 12.6. The molecule has 5 heteroatoms. The Kier molecular flexibility index (Phi) is 5.04. The van der Waals surface area contributed by atoms with Crippen molar-refractivity contribution in [2.45, 2.75) is 62.2 Å². The summed E-state index contributed by atoms with van der Waals surface area (Å²) >= 11 is 0. The van der Waals surface area contributed by atoms with Crippen molar-refractivity contribution >= 4 is 15.8 Å². The van der Waals surface area contributed by atoms with Gasteiger partial charge in [0.25, 0.3) is 0 Å². The van der Waals surface area contributed by atoms with E-state index in [0.29, 0.717) is 30.6 Å². The predicted molar refractivity (Wildman–Crippen MR) is 80.8 cm³/mol. The van der Waals surface area contributed by atoms with Crippen LogP contribution in [0, 0.1) is 6.92 Å². The van der Waals surface area contributed by atoms with Crippen molar-refractivity contribution in [2.24, 2.45) is 0 Å². The lowest BCUT2D eigenvalue weighted by Gasteiger charge is -2.13. The number of rotatable bonds is 5. The lowest BCUT2D eigenvalue weighted by Crippen LogP contribution is -2.21. The zero-order valence-corrected chi connectivity index (χ0v) is 13.4. The number of esters is 1. The molecule has 2 rings (SSSR count). The van der Waals surface area contributed by atoms with E-state index in [0.717, 1.165) is 12.0 Å². The van der Waals surface area contributed by atoms with Crippen molar-refractivity contribution in [3.05, 3.63) is 29.8 Å². The van der Waals surface area contributed by atoms with E-state index in [9.17, 15) is 13.2 Å². The molecule has 2 atom stereocenters. The molecule has 0 unspecified atom stereocenters. The highest BCUT2D eigenvalue weighted by Crippen LogP contribution is 2.31. The number of hydrogen-bond acceptors (Lipinski definition) is 4. The summed E-state index contributed by atoms with van der Waals surface area (Å²) in [6.07, 6.45) is 2.48. The van der Waals surface area contributed by atoms with E-state index < -0.39 is 15.1 Å². The zero-order chi connectivity index (χ0) is 15.5. The SMILES string of the molecule is CCCC(=O)O[C@H]1CC[C@@H](S(=O)(=O)c2ccc(C)cc2)C1. The summed E-state index contributed by atoms with van der Waals surface area (Å²) < 4.78 is 30.5. The molecule has 0 aliphatic heterocycles. The largest absolute Gasteiger partial charge is 0.462 e. The van der Waals surface area contributed by atoms with Crippen LogP contribution in [0.25, 0.3) is 0 Å². The Morgan fingerprint density at radius 3 is 2.52 bits per heavy atom. The third-order valence-electron chi connectivity index (χ3n) is 3.88. The first-order valence-electron chi connectivity index (χ1n) is 7.43. The molecule has 0 aromatic heterocycles. The van der Waals surface area contributed by atoms with Gasteiger partial charge < -0.3 is 4.74 Å². The van der Waals surface area contributed by atoms with Crippen molar-refractivity contribution in [1.29, 1.82) is 0 Å². The average molecular weight is 310 g/mol. The van der Waals surface area contributed by atoms with Gasteiger partial charge in [-0.1, -0.05) is 24.6 Å². The summed E-state index contributed by atoms with van der Waals surface area (Å²) in [6, 6.07) is 6.92. The van der Waals surface area contributed by atoms with Gasteiger partial charge in [0, 0.05) is 12.8 Å². The number of ether oxygens (including phenoxy) is 1. The van der Waals surface area contributed by atoms with Crippen LogP contribution in [-0.2, 0) is 19.4 Å². The van der Waals surface area contributed by atoms with Gasteiger partial charge in [0.15, 0.2) is 9.84 Å². The molecule has 1 aromatic carbocycles. The molecule has 0 heterocycles. The van der Waals surface area contributed by atoms with Crippen LogP contribution >= 0.6 is 0 Å². The minimum absolute atomic E-state index is 0.226. The topological polar surface area (TPSA) is 60.4 Å². The molecule has 1 aromatic rings. The first-order chi connectivity index (χ1) is 9.93. The molecule has 0 saturated heterocycles. The Hall–Kier alpha value is -1.36. The zero-order valence-electron chi connectivity index (χ0n) is 12.5. The summed E-state index contributed by atoms with van der Waals surface area (Å²) in [5, 5.41) is -0.445. The number of benzene rings is 1. The van der Waals surface area contributed by atoms with Crippen molar-refractivity contribution in [2.75, 3.05) is 0 Å². The van der Waals surface area contributed by atoms with Gasteiger partial charge in [-0.15, -0.1) is 0 Å². The van der Waals surface area contributed by atoms with Crippen LogP contribution in [0.3, 0.4) is 0 Å². The molecule has 4 nitrogen and oxygen atoms in total. The van der Waals surface area contributed by atoms with E-state index in [2.05, 4.69) is 0 Å². The molecule has 0 bridgehead atoms. The second-order valence-electron chi connectivity index (χ2n) is 5.65. The first kappa shape index (κ1) is 16.0. The maximum absolute atomic E-state index is 12.6. The molecule has 0 spiro atoms. The molecular formula is C16H22O4S. The van der Waals surface area contributed by atoms with Gasteiger partial charge in [0.2, 0.25) is 0 Å². The van der Waals surface area contributed by atoms with Crippen LogP contribution in [-0.4, -0.2) is 25.7 Å². The van der Waals surface area contributed by atoms with Crippen molar-refractivity contribution in [1.82, 2.24) is 0 Å². The van der Waals surface area contributed by atoms with E-state index in [4.69, 9.17) is 4.74 Å². The molecule has 116 valence electrons. The van der Waals surface area contributed by atoms with Gasteiger partial charge in [0.1, 0.15) is 6.10 Å². The Morgan fingerprint density at radius 2 is 1.90 bits per heavy atom. The molecule has 1 saturated carbocycles. The van der Waals surface area contributed by atoms with E-state index in [-0.39, 0.29) is 12.1 Å². The number of sulfone groups is 1. The first-order valence-corrected chi connectivity index (χ1v) is 8.98. The van der Waals surface area contributed by atoms with Gasteiger partial charge in [-0.3, -0.25) is 4.79 Å². The van der Waals surface area contributed by atoms with Crippen LogP contribution in [0.5, 0.6) is 0 Å². The Labute approximate surface area is 126 Å². The predicted octanol–water partition coefficient (Wildman–Crippen LogP) is 3.03. The minimum Gasteiger partial charge on any atom is -0.462 e. The summed E-state index contributed by atoms with van der Waals surface area (Å²) in [6.45, 7) is 3.84. The maximum Gasteiger partial charge on any atom is 0.306 e. The number of aryl methyl sites for hydroxylation is 1. The molecule has 0 radical (unpaired) electrons.